The fourth-order valence-corrected chi connectivity index (χ4v) is 1.98. The molecule has 1 unspecified atom stereocenters. The fourth-order valence-electron chi connectivity index (χ4n) is 1.98. The van der Waals surface area contributed by atoms with Gasteiger partial charge in [0.25, 0.3) is 5.89 Å². The van der Waals surface area contributed by atoms with Crippen molar-refractivity contribution in [2.24, 2.45) is 5.73 Å². The van der Waals surface area contributed by atoms with Crippen LogP contribution in [0.15, 0.2) is 22.9 Å². The monoisotopic (exact) mass is 246 g/mol. The molecular weight excluding hydrogens is 232 g/mol. The number of pyridine rings is 1. The Kier molecular flexibility index (Phi) is 3.04. The Morgan fingerprint density at radius 1 is 1.44 bits per heavy atom. The van der Waals surface area contributed by atoms with Gasteiger partial charge in [-0.05, 0) is 18.6 Å². The molecule has 3 rings (SSSR count). The maximum Gasteiger partial charge on any atom is 0.258 e. The summed E-state index contributed by atoms with van der Waals surface area (Å²) < 4.78 is 10.6. The minimum atomic E-state index is 0.248. The van der Waals surface area contributed by atoms with Crippen molar-refractivity contribution in [1.29, 1.82) is 0 Å². The van der Waals surface area contributed by atoms with Crippen molar-refractivity contribution in [3.63, 3.8) is 0 Å². The first-order valence-electron chi connectivity index (χ1n) is 5.93. The molecule has 2 N–H and O–H groups in total. The minimum absolute atomic E-state index is 0.248. The van der Waals surface area contributed by atoms with Gasteiger partial charge in [0.1, 0.15) is 0 Å². The van der Waals surface area contributed by atoms with E-state index in [0.717, 1.165) is 24.3 Å². The third-order valence-electron chi connectivity index (χ3n) is 3.01. The second-order valence-corrected chi connectivity index (χ2v) is 4.26. The Balaban J connectivity index is 1.87. The molecular formula is C12H14N4O2. The van der Waals surface area contributed by atoms with Crippen LogP contribution in [0.4, 0.5) is 0 Å². The highest BCUT2D eigenvalue weighted by atomic mass is 16.5. The summed E-state index contributed by atoms with van der Waals surface area (Å²) in [5.41, 5.74) is 7.21. The van der Waals surface area contributed by atoms with E-state index in [1.165, 1.54) is 0 Å². The minimum Gasteiger partial charge on any atom is -0.381 e. The van der Waals surface area contributed by atoms with Gasteiger partial charge in [-0.3, -0.25) is 4.98 Å². The average Bonchev–Trinajstić information content (AvgIpc) is 3.09. The van der Waals surface area contributed by atoms with Crippen molar-refractivity contribution in [1.82, 2.24) is 15.1 Å². The molecule has 0 saturated carbocycles. The summed E-state index contributed by atoms with van der Waals surface area (Å²) in [4.78, 5) is 8.54. The van der Waals surface area contributed by atoms with E-state index in [9.17, 15) is 0 Å². The normalized spacial score (nSPS) is 19.3. The highest BCUT2D eigenvalue weighted by Gasteiger charge is 2.23. The summed E-state index contributed by atoms with van der Waals surface area (Å²) in [5.74, 6) is 1.47. The van der Waals surface area contributed by atoms with Gasteiger partial charge in [-0.1, -0.05) is 5.16 Å². The van der Waals surface area contributed by atoms with E-state index < -0.39 is 0 Å². The molecule has 6 heteroatoms. The van der Waals surface area contributed by atoms with E-state index in [-0.39, 0.29) is 5.92 Å². The topological polar surface area (TPSA) is 87.1 Å². The van der Waals surface area contributed by atoms with Crippen LogP contribution < -0.4 is 5.73 Å². The lowest BCUT2D eigenvalue weighted by Gasteiger charge is -1.98. The quantitative estimate of drug-likeness (QED) is 0.872. The van der Waals surface area contributed by atoms with E-state index in [0.29, 0.717) is 24.9 Å². The SMILES string of the molecule is NCc1cc(-c2nc(C3CCOC3)no2)ccn1. The molecule has 6 nitrogen and oxygen atoms in total. The first kappa shape index (κ1) is 11.3. The zero-order valence-electron chi connectivity index (χ0n) is 9.87. The zero-order valence-corrected chi connectivity index (χ0v) is 9.87. The highest BCUT2D eigenvalue weighted by Crippen LogP contribution is 2.25. The standard InChI is InChI=1S/C12H14N4O2/c13-6-10-5-8(1-3-14-10)12-15-11(16-18-12)9-2-4-17-7-9/h1,3,5,9H,2,4,6-7,13H2. The predicted octanol–water partition coefficient (Wildman–Crippen LogP) is 1.09. The Labute approximate surface area is 104 Å². The smallest absolute Gasteiger partial charge is 0.258 e. The molecule has 0 amide bonds. The van der Waals surface area contributed by atoms with Gasteiger partial charge in [-0.2, -0.15) is 4.98 Å². The Bertz CT molecular complexity index is 534. The van der Waals surface area contributed by atoms with Crippen LogP contribution in [0.2, 0.25) is 0 Å². The van der Waals surface area contributed by atoms with Gasteiger partial charge in [0.15, 0.2) is 5.82 Å². The van der Waals surface area contributed by atoms with Crippen molar-refractivity contribution in [3.05, 3.63) is 29.8 Å². The van der Waals surface area contributed by atoms with Gasteiger partial charge < -0.3 is 15.0 Å². The molecule has 0 aromatic carbocycles. The van der Waals surface area contributed by atoms with Crippen molar-refractivity contribution in [2.45, 2.75) is 18.9 Å². The summed E-state index contributed by atoms with van der Waals surface area (Å²) in [6.45, 7) is 1.83. The lowest BCUT2D eigenvalue weighted by molar-refractivity contribution is 0.192. The molecule has 0 aliphatic carbocycles. The summed E-state index contributed by atoms with van der Waals surface area (Å²) >= 11 is 0. The van der Waals surface area contributed by atoms with Crippen molar-refractivity contribution in [2.75, 3.05) is 13.2 Å². The van der Waals surface area contributed by atoms with Crippen molar-refractivity contribution < 1.29 is 9.26 Å². The Morgan fingerprint density at radius 2 is 2.39 bits per heavy atom. The lowest BCUT2D eigenvalue weighted by Crippen LogP contribution is -2.00. The molecule has 2 aromatic rings. The molecule has 1 aliphatic heterocycles. The third kappa shape index (κ3) is 2.12. The van der Waals surface area contributed by atoms with E-state index in [1.54, 1.807) is 6.20 Å². The number of aromatic nitrogens is 3. The lowest BCUT2D eigenvalue weighted by atomic mass is 10.1. The number of hydrogen-bond donors (Lipinski definition) is 1. The van der Waals surface area contributed by atoms with Crippen molar-refractivity contribution >= 4 is 0 Å². The molecule has 0 bridgehead atoms. The first-order chi connectivity index (χ1) is 8.86. The van der Waals surface area contributed by atoms with Gasteiger partial charge in [-0.25, -0.2) is 0 Å². The molecule has 1 aliphatic rings. The average molecular weight is 246 g/mol. The maximum atomic E-state index is 5.56. The molecule has 18 heavy (non-hydrogen) atoms. The summed E-state index contributed by atoms with van der Waals surface area (Å²) in [7, 11) is 0. The highest BCUT2D eigenvalue weighted by molar-refractivity contribution is 5.52. The molecule has 1 atom stereocenters. The van der Waals surface area contributed by atoms with Crippen LogP contribution in [0.25, 0.3) is 11.5 Å². The van der Waals surface area contributed by atoms with Gasteiger partial charge in [0.2, 0.25) is 0 Å². The van der Waals surface area contributed by atoms with Crippen LogP contribution in [-0.2, 0) is 11.3 Å². The number of nitrogens with two attached hydrogens (primary N) is 1. The van der Waals surface area contributed by atoms with E-state index in [4.69, 9.17) is 15.0 Å². The maximum absolute atomic E-state index is 5.56. The van der Waals surface area contributed by atoms with Crippen LogP contribution in [-0.4, -0.2) is 28.3 Å². The van der Waals surface area contributed by atoms with Crippen LogP contribution in [0.1, 0.15) is 23.9 Å². The van der Waals surface area contributed by atoms with Crippen LogP contribution in [0, 0.1) is 0 Å². The van der Waals surface area contributed by atoms with E-state index >= 15 is 0 Å². The largest absolute Gasteiger partial charge is 0.381 e. The van der Waals surface area contributed by atoms with E-state index in [2.05, 4.69) is 15.1 Å². The van der Waals surface area contributed by atoms with Gasteiger partial charge in [-0.15, -0.1) is 0 Å². The van der Waals surface area contributed by atoms with Crippen molar-refractivity contribution in [3.8, 4) is 11.5 Å². The number of nitrogens with zero attached hydrogens (tertiary/aromatic N) is 3. The second-order valence-electron chi connectivity index (χ2n) is 4.26. The van der Waals surface area contributed by atoms with Crippen LogP contribution >= 0.6 is 0 Å². The molecule has 94 valence electrons. The third-order valence-corrected chi connectivity index (χ3v) is 3.01. The Morgan fingerprint density at radius 3 is 3.17 bits per heavy atom. The number of hydrogen-bond acceptors (Lipinski definition) is 6. The van der Waals surface area contributed by atoms with Gasteiger partial charge >= 0.3 is 0 Å². The van der Waals surface area contributed by atoms with Crippen LogP contribution in [0.5, 0.6) is 0 Å². The van der Waals surface area contributed by atoms with Gasteiger partial charge in [0, 0.05) is 30.8 Å². The summed E-state index contributed by atoms with van der Waals surface area (Å²) in [6.07, 6.45) is 2.64. The van der Waals surface area contributed by atoms with E-state index in [1.807, 2.05) is 12.1 Å². The number of rotatable bonds is 3. The molecule has 0 radical (unpaired) electrons. The summed E-state index contributed by atoms with van der Waals surface area (Å²) in [6, 6.07) is 3.70. The molecule has 2 aromatic heterocycles. The first-order valence-corrected chi connectivity index (χ1v) is 5.93. The molecule has 1 fully saturated rings. The van der Waals surface area contributed by atoms with Gasteiger partial charge in [0.05, 0.1) is 12.3 Å². The molecule has 3 heterocycles. The fraction of sp³-hybridized carbons (Fsp3) is 0.417. The zero-order chi connectivity index (χ0) is 12.4. The predicted molar refractivity (Wildman–Crippen MR) is 63.6 cm³/mol. The molecule has 0 spiro atoms. The molecule has 1 saturated heterocycles. The number of ether oxygens (including phenoxy) is 1. The van der Waals surface area contributed by atoms with Crippen LogP contribution in [0.3, 0.4) is 0 Å². The Hall–Kier alpha value is -1.79. The summed E-state index contributed by atoms with van der Waals surface area (Å²) in [5, 5.41) is 4.01. The second kappa shape index (κ2) is 4.83.